The van der Waals surface area contributed by atoms with Crippen molar-refractivity contribution in [3.05, 3.63) is 47.1 Å². The highest BCUT2D eigenvalue weighted by Crippen LogP contribution is 2.23. The molecule has 2 heterocycles. The Labute approximate surface area is 136 Å². The highest BCUT2D eigenvalue weighted by Gasteiger charge is 2.16. The highest BCUT2D eigenvalue weighted by atomic mass is 32.1. The van der Waals surface area contributed by atoms with E-state index in [1.54, 1.807) is 12.1 Å². The number of rotatable bonds is 4. The summed E-state index contributed by atoms with van der Waals surface area (Å²) in [5.41, 5.74) is 1.81. The van der Waals surface area contributed by atoms with Gasteiger partial charge >= 0.3 is 0 Å². The molecule has 2 aromatic heterocycles. The third-order valence-corrected chi connectivity index (χ3v) is 4.29. The molecule has 1 atom stereocenters. The second-order valence-electron chi connectivity index (χ2n) is 5.18. The molecular weight excluding hydrogens is 312 g/mol. The first kappa shape index (κ1) is 15.2. The van der Waals surface area contributed by atoms with Crippen molar-refractivity contribution in [1.82, 2.24) is 15.3 Å². The van der Waals surface area contributed by atoms with Gasteiger partial charge in [-0.1, -0.05) is 12.1 Å². The number of para-hydroxylation sites is 2. The second-order valence-corrected chi connectivity index (χ2v) is 6.26. The number of nitrogens with one attached hydrogen (secondary N) is 3. The molecular formula is C16H16N4O2S. The number of H-pyrrole nitrogens is 1. The molecule has 0 spiro atoms. The van der Waals surface area contributed by atoms with Crippen LogP contribution in [0.5, 0.6) is 0 Å². The lowest BCUT2D eigenvalue weighted by Crippen LogP contribution is -2.26. The van der Waals surface area contributed by atoms with Crippen LogP contribution >= 0.6 is 11.3 Å². The van der Waals surface area contributed by atoms with Crippen molar-refractivity contribution in [2.45, 2.75) is 19.9 Å². The molecule has 3 aromatic rings. The summed E-state index contributed by atoms with van der Waals surface area (Å²) >= 11 is 1.24. The van der Waals surface area contributed by atoms with Crippen molar-refractivity contribution < 1.29 is 9.59 Å². The Morgan fingerprint density at radius 2 is 2.00 bits per heavy atom. The second kappa shape index (κ2) is 6.21. The lowest BCUT2D eigenvalue weighted by atomic mass is 10.3. The molecule has 23 heavy (non-hydrogen) atoms. The number of thiophene rings is 1. The number of imidazole rings is 1. The van der Waals surface area contributed by atoms with Crippen molar-refractivity contribution in [1.29, 1.82) is 0 Å². The third kappa shape index (κ3) is 3.40. The van der Waals surface area contributed by atoms with Crippen LogP contribution < -0.4 is 10.6 Å². The van der Waals surface area contributed by atoms with Gasteiger partial charge in [0.1, 0.15) is 5.82 Å². The van der Waals surface area contributed by atoms with Crippen LogP contribution in [0.2, 0.25) is 0 Å². The Bertz CT molecular complexity index is 835. The standard InChI is InChI=1S/C16H16N4O2S/c1-9(15-19-11-5-3-4-6-12(11)20-15)17-16(22)13-7-8-14(23-13)18-10(2)21/h3-9H,1-2H3,(H,17,22)(H,18,21)(H,19,20)/t9-/m1/s1. The normalized spacial score (nSPS) is 12.1. The minimum absolute atomic E-state index is 0.158. The molecule has 0 saturated carbocycles. The van der Waals surface area contributed by atoms with E-state index < -0.39 is 0 Å². The monoisotopic (exact) mass is 328 g/mol. The first-order valence-corrected chi connectivity index (χ1v) is 7.97. The SMILES string of the molecule is CC(=O)Nc1ccc(C(=O)N[C@H](C)c2nc3ccccc3[nH]2)s1. The van der Waals surface area contributed by atoms with Crippen LogP contribution in [0.4, 0.5) is 5.00 Å². The van der Waals surface area contributed by atoms with Gasteiger partial charge in [0, 0.05) is 6.92 Å². The van der Waals surface area contributed by atoms with Crippen molar-refractivity contribution in [3.8, 4) is 0 Å². The highest BCUT2D eigenvalue weighted by molar-refractivity contribution is 7.18. The smallest absolute Gasteiger partial charge is 0.262 e. The number of fused-ring (bicyclic) bond motifs is 1. The summed E-state index contributed by atoms with van der Waals surface area (Å²) in [6.07, 6.45) is 0. The van der Waals surface area contributed by atoms with E-state index in [1.165, 1.54) is 18.3 Å². The predicted octanol–water partition coefficient (Wildman–Crippen LogP) is 3.07. The van der Waals surface area contributed by atoms with Gasteiger partial charge in [-0.2, -0.15) is 0 Å². The van der Waals surface area contributed by atoms with Crippen molar-refractivity contribution in [3.63, 3.8) is 0 Å². The molecule has 3 rings (SSSR count). The van der Waals surface area contributed by atoms with Gasteiger partial charge in [0.25, 0.3) is 5.91 Å². The minimum Gasteiger partial charge on any atom is -0.342 e. The minimum atomic E-state index is -0.249. The van der Waals surface area contributed by atoms with Crippen molar-refractivity contribution in [2.24, 2.45) is 0 Å². The molecule has 0 unspecified atom stereocenters. The van der Waals surface area contributed by atoms with Crippen LogP contribution in [0.1, 0.15) is 35.4 Å². The van der Waals surface area contributed by atoms with Crippen LogP contribution in [-0.4, -0.2) is 21.8 Å². The molecule has 0 aliphatic heterocycles. The fraction of sp³-hybridized carbons (Fsp3) is 0.188. The summed E-state index contributed by atoms with van der Waals surface area (Å²) in [5, 5.41) is 6.22. The molecule has 0 fully saturated rings. The lowest BCUT2D eigenvalue weighted by Gasteiger charge is -2.10. The first-order valence-electron chi connectivity index (χ1n) is 7.16. The number of amides is 2. The van der Waals surface area contributed by atoms with Crippen LogP contribution in [0, 0.1) is 0 Å². The zero-order chi connectivity index (χ0) is 16.4. The van der Waals surface area contributed by atoms with Gasteiger partial charge < -0.3 is 15.6 Å². The number of benzene rings is 1. The van der Waals surface area contributed by atoms with E-state index in [-0.39, 0.29) is 17.9 Å². The Kier molecular flexibility index (Phi) is 4.12. The number of anilines is 1. The molecule has 0 bridgehead atoms. The molecule has 0 radical (unpaired) electrons. The van der Waals surface area contributed by atoms with E-state index >= 15 is 0 Å². The Balaban J connectivity index is 1.71. The van der Waals surface area contributed by atoms with E-state index in [4.69, 9.17) is 0 Å². The summed E-state index contributed by atoms with van der Waals surface area (Å²) < 4.78 is 0. The van der Waals surface area contributed by atoms with Crippen LogP contribution in [0.15, 0.2) is 36.4 Å². The molecule has 3 N–H and O–H groups in total. The van der Waals surface area contributed by atoms with E-state index in [0.29, 0.717) is 15.7 Å². The quantitative estimate of drug-likeness (QED) is 0.688. The molecule has 6 nitrogen and oxygen atoms in total. The van der Waals surface area contributed by atoms with Crippen LogP contribution in [-0.2, 0) is 4.79 Å². The van der Waals surface area contributed by atoms with E-state index in [1.807, 2.05) is 31.2 Å². The summed E-state index contributed by atoms with van der Waals surface area (Å²) in [6.45, 7) is 3.31. The maximum absolute atomic E-state index is 12.3. The molecule has 0 saturated heterocycles. The summed E-state index contributed by atoms with van der Waals surface area (Å²) in [7, 11) is 0. The van der Waals surface area contributed by atoms with E-state index in [0.717, 1.165) is 11.0 Å². The Morgan fingerprint density at radius 3 is 2.74 bits per heavy atom. The van der Waals surface area contributed by atoms with Gasteiger partial charge in [-0.15, -0.1) is 11.3 Å². The van der Waals surface area contributed by atoms with Gasteiger partial charge in [-0.3, -0.25) is 9.59 Å². The summed E-state index contributed by atoms with van der Waals surface area (Å²) in [5.74, 6) is 0.354. The number of aromatic amines is 1. The largest absolute Gasteiger partial charge is 0.342 e. The van der Waals surface area contributed by atoms with Gasteiger partial charge in [0.15, 0.2) is 0 Å². The van der Waals surface area contributed by atoms with Gasteiger partial charge in [0.2, 0.25) is 5.91 Å². The van der Waals surface area contributed by atoms with Crippen molar-refractivity contribution >= 4 is 39.2 Å². The average molecular weight is 328 g/mol. The summed E-state index contributed by atoms with van der Waals surface area (Å²) in [4.78, 5) is 31.5. The molecule has 2 amide bonds. The number of carbonyl (C=O) groups excluding carboxylic acids is 2. The zero-order valence-corrected chi connectivity index (χ0v) is 13.5. The number of carbonyl (C=O) groups is 2. The fourth-order valence-electron chi connectivity index (χ4n) is 2.21. The molecule has 118 valence electrons. The van der Waals surface area contributed by atoms with Gasteiger partial charge in [0.05, 0.1) is 27.0 Å². The first-order chi connectivity index (χ1) is 11.0. The van der Waals surface area contributed by atoms with Crippen LogP contribution in [0.3, 0.4) is 0 Å². The third-order valence-electron chi connectivity index (χ3n) is 3.29. The number of nitrogens with zero attached hydrogens (tertiary/aromatic N) is 1. The van der Waals surface area contributed by atoms with Gasteiger partial charge in [-0.25, -0.2) is 4.98 Å². The Morgan fingerprint density at radius 1 is 1.22 bits per heavy atom. The number of hydrogen-bond donors (Lipinski definition) is 3. The van der Waals surface area contributed by atoms with Gasteiger partial charge in [-0.05, 0) is 31.2 Å². The number of hydrogen-bond acceptors (Lipinski definition) is 4. The summed E-state index contributed by atoms with van der Waals surface area (Å²) in [6, 6.07) is 10.9. The van der Waals surface area contributed by atoms with Crippen LogP contribution in [0.25, 0.3) is 11.0 Å². The molecule has 0 aliphatic rings. The van der Waals surface area contributed by atoms with Crippen molar-refractivity contribution in [2.75, 3.05) is 5.32 Å². The lowest BCUT2D eigenvalue weighted by molar-refractivity contribution is -0.114. The Hall–Kier alpha value is -2.67. The average Bonchev–Trinajstić information content (AvgIpc) is 3.12. The maximum Gasteiger partial charge on any atom is 0.262 e. The molecule has 7 heteroatoms. The maximum atomic E-state index is 12.3. The fourth-order valence-corrected chi connectivity index (χ4v) is 3.07. The van der Waals surface area contributed by atoms with E-state index in [2.05, 4.69) is 20.6 Å². The molecule has 1 aromatic carbocycles. The zero-order valence-electron chi connectivity index (χ0n) is 12.7. The topological polar surface area (TPSA) is 86.9 Å². The van der Waals surface area contributed by atoms with E-state index in [9.17, 15) is 9.59 Å². The molecule has 0 aliphatic carbocycles. The number of aromatic nitrogens is 2. The predicted molar refractivity (Wildman–Crippen MR) is 90.6 cm³/mol.